The van der Waals surface area contributed by atoms with Gasteiger partial charge in [0.05, 0.1) is 6.10 Å². The molecular weight excluding hydrogens is 314 g/mol. The van der Waals surface area contributed by atoms with Gasteiger partial charge in [-0.1, -0.05) is 29.8 Å². The molecule has 0 bridgehead atoms. The first-order valence-corrected chi connectivity index (χ1v) is 8.71. The quantitative estimate of drug-likeness (QED) is 0.638. The lowest BCUT2D eigenvalue weighted by molar-refractivity contribution is 0.173. The molecule has 128 valence electrons. The third-order valence-electron chi connectivity index (χ3n) is 4.11. The SMILES string of the molecule is O=C(NCCCCN1CCCC1)NCC(O)c1ccccc1Cl. The fourth-order valence-corrected chi connectivity index (χ4v) is 3.04. The van der Waals surface area contributed by atoms with Crippen molar-refractivity contribution in [1.82, 2.24) is 15.5 Å². The van der Waals surface area contributed by atoms with Crippen molar-refractivity contribution in [2.75, 3.05) is 32.7 Å². The molecule has 1 aliphatic heterocycles. The second-order valence-corrected chi connectivity index (χ2v) is 6.34. The van der Waals surface area contributed by atoms with Crippen LogP contribution in [0.4, 0.5) is 4.79 Å². The molecule has 1 aromatic rings. The van der Waals surface area contributed by atoms with E-state index in [4.69, 9.17) is 11.6 Å². The Morgan fingerprint density at radius 2 is 1.96 bits per heavy atom. The van der Waals surface area contributed by atoms with Gasteiger partial charge in [0.15, 0.2) is 0 Å². The zero-order chi connectivity index (χ0) is 16.5. The first-order valence-electron chi connectivity index (χ1n) is 8.33. The highest BCUT2D eigenvalue weighted by Gasteiger charge is 2.12. The van der Waals surface area contributed by atoms with Crippen LogP contribution < -0.4 is 10.6 Å². The Kier molecular flexibility index (Phi) is 7.65. The molecule has 0 aliphatic carbocycles. The van der Waals surface area contributed by atoms with Crippen LogP contribution in [0.3, 0.4) is 0 Å². The third-order valence-corrected chi connectivity index (χ3v) is 4.45. The Morgan fingerprint density at radius 1 is 1.22 bits per heavy atom. The first-order chi connectivity index (χ1) is 11.2. The predicted molar refractivity (Wildman–Crippen MR) is 92.7 cm³/mol. The number of hydrogen-bond acceptors (Lipinski definition) is 3. The average Bonchev–Trinajstić information content (AvgIpc) is 3.06. The van der Waals surface area contributed by atoms with Crippen LogP contribution in [0.5, 0.6) is 0 Å². The van der Waals surface area contributed by atoms with Crippen molar-refractivity contribution >= 4 is 17.6 Å². The van der Waals surface area contributed by atoms with E-state index in [1.54, 1.807) is 18.2 Å². The fourth-order valence-electron chi connectivity index (χ4n) is 2.78. The number of aliphatic hydroxyl groups is 1. The monoisotopic (exact) mass is 339 g/mol. The molecule has 1 fully saturated rings. The van der Waals surface area contributed by atoms with E-state index in [1.807, 2.05) is 6.07 Å². The minimum atomic E-state index is -0.801. The Balaban J connectivity index is 1.55. The highest BCUT2D eigenvalue weighted by atomic mass is 35.5. The topological polar surface area (TPSA) is 64.6 Å². The summed E-state index contributed by atoms with van der Waals surface area (Å²) in [6.07, 6.45) is 3.90. The minimum absolute atomic E-state index is 0.142. The van der Waals surface area contributed by atoms with Gasteiger partial charge in [0.25, 0.3) is 0 Å². The molecule has 1 unspecified atom stereocenters. The number of urea groups is 1. The highest BCUT2D eigenvalue weighted by molar-refractivity contribution is 6.31. The summed E-state index contributed by atoms with van der Waals surface area (Å²) in [5.74, 6) is 0. The van der Waals surface area contributed by atoms with Gasteiger partial charge in [0, 0.05) is 23.7 Å². The summed E-state index contributed by atoms with van der Waals surface area (Å²) >= 11 is 6.01. The number of hydrogen-bond donors (Lipinski definition) is 3. The molecule has 0 radical (unpaired) electrons. The number of carbonyl (C=O) groups excluding carboxylic acids is 1. The first kappa shape index (κ1) is 18.0. The van der Waals surface area contributed by atoms with Gasteiger partial charge in [-0.3, -0.25) is 0 Å². The molecule has 0 spiro atoms. The number of rotatable bonds is 8. The molecule has 0 saturated carbocycles. The molecule has 1 atom stereocenters. The van der Waals surface area contributed by atoms with E-state index < -0.39 is 6.10 Å². The van der Waals surface area contributed by atoms with Gasteiger partial charge in [-0.25, -0.2) is 4.79 Å². The second-order valence-electron chi connectivity index (χ2n) is 5.93. The minimum Gasteiger partial charge on any atom is -0.387 e. The molecule has 3 N–H and O–H groups in total. The lowest BCUT2D eigenvalue weighted by Gasteiger charge is -2.15. The van der Waals surface area contributed by atoms with Crippen LogP contribution in [-0.4, -0.2) is 48.8 Å². The Labute approximate surface area is 143 Å². The molecule has 0 aromatic heterocycles. The van der Waals surface area contributed by atoms with Crippen molar-refractivity contribution in [3.05, 3.63) is 34.9 Å². The molecule has 1 heterocycles. The summed E-state index contributed by atoms with van der Waals surface area (Å²) in [7, 11) is 0. The van der Waals surface area contributed by atoms with E-state index in [9.17, 15) is 9.90 Å². The smallest absolute Gasteiger partial charge is 0.314 e. The molecule has 1 aromatic carbocycles. The van der Waals surface area contributed by atoms with E-state index in [0.29, 0.717) is 17.1 Å². The number of nitrogens with zero attached hydrogens (tertiary/aromatic N) is 1. The maximum Gasteiger partial charge on any atom is 0.314 e. The van der Waals surface area contributed by atoms with E-state index in [1.165, 1.54) is 25.9 Å². The molecule has 2 rings (SSSR count). The third kappa shape index (κ3) is 6.37. The van der Waals surface area contributed by atoms with Gasteiger partial charge in [0.1, 0.15) is 0 Å². The summed E-state index contributed by atoms with van der Waals surface area (Å²) in [6.45, 7) is 4.35. The predicted octanol–water partition coefficient (Wildman–Crippen LogP) is 2.55. The number of unbranched alkanes of at least 4 members (excludes halogenated alkanes) is 1. The summed E-state index contributed by atoms with van der Waals surface area (Å²) in [6, 6.07) is 6.84. The fraction of sp³-hybridized carbons (Fsp3) is 0.588. The summed E-state index contributed by atoms with van der Waals surface area (Å²) < 4.78 is 0. The zero-order valence-corrected chi connectivity index (χ0v) is 14.2. The van der Waals surface area contributed by atoms with Crippen molar-refractivity contribution in [3.63, 3.8) is 0 Å². The molecule has 23 heavy (non-hydrogen) atoms. The highest BCUT2D eigenvalue weighted by Crippen LogP contribution is 2.21. The molecule has 1 aliphatic rings. The van der Waals surface area contributed by atoms with Crippen molar-refractivity contribution in [2.45, 2.75) is 31.8 Å². The van der Waals surface area contributed by atoms with Crippen LogP contribution in [0.25, 0.3) is 0 Å². The van der Waals surface area contributed by atoms with Crippen molar-refractivity contribution in [2.24, 2.45) is 0 Å². The van der Waals surface area contributed by atoms with Gasteiger partial charge in [0.2, 0.25) is 0 Å². The molecule has 1 saturated heterocycles. The second kappa shape index (κ2) is 9.75. The van der Waals surface area contributed by atoms with Gasteiger partial charge in [-0.05, 0) is 51.4 Å². The van der Waals surface area contributed by atoms with Gasteiger partial charge in [-0.15, -0.1) is 0 Å². The van der Waals surface area contributed by atoms with Gasteiger partial charge < -0.3 is 20.6 Å². The van der Waals surface area contributed by atoms with Crippen LogP contribution in [0, 0.1) is 0 Å². The summed E-state index contributed by atoms with van der Waals surface area (Å²) in [4.78, 5) is 14.2. The summed E-state index contributed by atoms with van der Waals surface area (Å²) in [5.41, 5.74) is 0.625. The van der Waals surface area contributed by atoms with Gasteiger partial charge >= 0.3 is 6.03 Å². The number of carbonyl (C=O) groups is 1. The van der Waals surface area contributed by atoms with Crippen LogP contribution in [0.2, 0.25) is 5.02 Å². The Hall–Kier alpha value is -1.30. The van der Waals surface area contributed by atoms with Crippen LogP contribution in [0.1, 0.15) is 37.4 Å². The summed E-state index contributed by atoms with van der Waals surface area (Å²) in [5, 5.41) is 16.0. The van der Waals surface area contributed by atoms with Crippen molar-refractivity contribution < 1.29 is 9.90 Å². The number of amides is 2. The molecule has 2 amide bonds. The number of nitrogens with one attached hydrogen (secondary N) is 2. The Morgan fingerprint density at radius 3 is 2.70 bits per heavy atom. The van der Waals surface area contributed by atoms with Crippen LogP contribution in [0.15, 0.2) is 24.3 Å². The average molecular weight is 340 g/mol. The lowest BCUT2D eigenvalue weighted by atomic mass is 10.1. The molecule has 5 nitrogen and oxygen atoms in total. The van der Waals surface area contributed by atoms with E-state index in [2.05, 4.69) is 15.5 Å². The maximum atomic E-state index is 11.7. The van der Waals surface area contributed by atoms with Gasteiger partial charge in [-0.2, -0.15) is 0 Å². The molecular formula is C17H26ClN3O2. The zero-order valence-electron chi connectivity index (χ0n) is 13.4. The van der Waals surface area contributed by atoms with Crippen molar-refractivity contribution in [1.29, 1.82) is 0 Å². The molecule has 6 heteroatoms. The van der Waals surface area contributed by atoms with Crippen LogP contribution >= 0.6 is 11.6 Å². The van der Waals surface area contributed by atoms with E-state index >= 15 is 0 Å². The van der Waals surface area contributed by atoms with E-state index in [-0.39, 0.29) is 12.6 Å². The van der Waals surface area contributed by atoms with Crippen LogP contribution in [-0.2, 0) is 0 Å². The normalized spacial score (nSPS) is 16.3. The number of likely N-dealkylation sites (tertiary alicyclic amines) is 1. The number of halogens is 1. The lowest BCUT2D eigenvalue weighted by Crippen LogP contribution is -2.38. The number of aliphatic hydroxyl groups excluding tert-OH is 1. The largest absolute Gasteiger partial charge is 0.387 e. The Bertz CT molecular complexity index is 492. The standard InChI is InChI=1S/C17H26ClN3O2/c18-15-8-2-1-7-14(15)16(22)13-20-17(23)19-9-3-4-10-21-11-5-6-12-21/h1-2,7-8,16,22H,3-6,9-13H2,(H2,19,20,23). The van der Waals surface area contributed by atoms with E-state index in [0.717, 1.165) is 19.4 Å². The maximum absolute atomic E-state index is 11.7. The number of benzene rings is 1. The van der Waals surface area contributed by atoms with Crippen molar-refractivity contribution in [3.8, 4) is 0 Å².